The molecule has 2 rings (SSSR count). The fraction of sp³-hybridized carbons (Fsp3) is 0.429. The van der Waals surface area contributed by atoms with E-state index in [2.05, 4.69) is 10.3 Å². The Labute approximate surface area is 112 Å². The third-order valence-corrected chi connectivity index (χ3v) is 3.26. The minimum Gasteiger partial charge on any atom is -0.467 e. The van der Waals surface area contributed by atoms with Crippen LogP contribution >= 0.6 is 0 Å². The highest BCUT2D eigenvalue weighted by molar-refractivity contribution is 5.85. The maximum Gasteiger partial charge on any atom is 0.330 e. The number of nitrogens with one attached hydrogen (secondary N) is 1. The van der Waals surface area contributed by atoms with E-state index in [1.165, 1.54) is 7.11 Å². The Morgan fingerprint density at radius 3 is 2.74 bits per heavy atom. The zero-order valence-electron chi connectivity index (χ0n) is 11.9. The Morgan fingerprint density at radius 2 is 2.11 bits per heavy atom. The van der Waals surface area contributed by atoms with Gasteiger partial charge in [0.15, 0.2) is 0 Å². The van der Waals surface area contributed by atoms with Crippen LogP contribution in [0.15, 0.2) is 18.2 Å². The number of esters is 1. The first-order valence-corrected chi connectivity index (χ1v) is 6.15. The lowest BCUT2D eigenvalue weighted by Gasteiger charge is -2.24. The van der Waals surface area contributed by atoms with Gasteiger partial charge in [-0.25, -0.2) is 9.78 Å². The van der Waals surface area contributed by atoms with Crippen LogP contribution in [0.5, 0.6) is 0 Å². The molecule has 0 saturated heterocycles. The summed E-state index contributed by atoms with van der Waals surface area (Å²) < 4.78 is 6.81. The lowest BCUT2D eigenvalue weighted by Crippen LogP contribution is -2.41. The Bertz CT molecular complexity index is 629. The first kappa shape index (κ1) is 13.4. The minimum absolute atomic E-state index is 0.301. The molecule has 0 fully saturated rings. The number of aryl methyl sites for hydroxylation is 2. The Morgan fingerprint density at radius 1 is 1.42 bits per heavy atom. The van der Waals surface area contributed by atoms with Crippen molar-refractivity contribution < 1.29 is 9.53 Å². The van der Waals surface area contributed by atoms with Crippen molar-refractivity contribution in [2.75, 3.05) is 12.4 Å². The summed E-state index contributed by atoms with van der Waals surface area (Å²) in [7, 11) is 3.37. The molecule has 1 aromatic carbocycles. The van der Waals surface area contributed by atoms with Gasteiger partial charge >= 0.3 is 5.97 Å². The van der Waals surface area contributed by atoms with Gasteiger partial charge in [0.1, 0.15) is 11.4 Å². The molecule has 1 heterocycles. The third kappa shape index (κ3) is 2.41. The van der Waals surface area contributed by atoms with E-state index in [-0.39, 0.29) is 5.97 Å². The largest absolute Gasteiger partial charge is 0.467 e. The monoisotopic (exact) mass is 261 g/mol. The molecule has 0 aliphatic heterocycles. The molecule has 5 nitrogen and oxygen atoms in total. The maximum atomic E-state index is 11.7. The van der Waals surface area contributed by atoms with Gasteiger partial charge in [-0.3, -0.25) is 0 Å². The van der Waals surface area contributed by atoms with Crippen molar-refractivity contribution in [3.63, 3.8) is 0 Å². The zero-order valence-corrected chi connectivity index (χ0v) is 11.9. The Hall–Kier alpha value is -2.04. The van der Waals surface area contributed by atoms with Crippen molar-refractivity contribution in [3.05, 3.63) is 24.0 Å². The summed E-state index contributed by atoms with van der Waals surface area (Å²) in [6.07, 6.45) is 0. The van der Waals surface area contributed by atoms with Crippen molar-refractivity contribution in [3.8, 4) is 0 Å². The van der Waals surface area contributed by atoms with E-state index in [0.29, 0.717) is 0 Å². The second-order valence-electron chi connectivity index (χ2n) is 5.16. The molecular formula is C14H19N3O2. The SMILES string of the molecule is COC(=O)C(C)(C)Nc1ccc2c(c1)nc(C)n2C. The first-order valence-electron chi connectivity index (χ1n) is 6.15. The Kier molecular flexibility index (Phi) is 3.22. The first-order chi connectivity index (χ1) is 8.85. The van der Waals surface area contributed by atoms with Crippen molar-refractivity contribution in [1.29, 1.82) is 0 Å². The molecule has 102 valence electrons. The van der Waals surface area contributed by atoms with Crippen LogP contribution in [0.4, 0.5) is 5.69 Å². The molecule has 5 heteroatoms. The van der Waals surface area contributed by atoms with Gasteiger partial charge in [0.25, 0.3) is 0 Å². The van der Waals surface area contributed by atoms with Crippen LogP contribution in [-0.4, -0.2) is 28.2 Å². The van der Waals surface area contributed by atoms with Gasteiger partial charge < -0.3 is 14.6 Å². The van der Waals surface area contributed by atoms with E-state index in [1.54, 1.807) is 13.8 Å². The van der Waals surface area contributed by atoms with Crippen LogP contribution in [0.25, 0.3) is 11.0 Å². The number of hydrogen-bond donors (Lipinski definition) is 1. The molecule has 0 radical (unpaired) electrons. The number of nitrogens with zero attached hydrogens (tertiary/aromatic N) is 2. The standard InChI is InChI=1S/C14H19N3O2/c1-9-15-11-8-10(6-7-12(11)17(9)4)16-14(2,3)13(18)19-5/h6-8,16H,1-5H3. The van der Waals surface area contributed by atoms with E-state index in [1.807, 2.05) is 36.7 Å². The number of carbonyl (C=O) groups excluding carboxylic acids is 1. The van der Waals surface area contributed by atoms with Crippen LogP contribution in [0.3, 0.4) is 0 Å². The fourth-order valence-corrected chi connectivity index (χ4v) is 2.07. The number of benzene rings is 1. The van der Waals surface area contributed by atoms with E-state index in [9.17, 15) is 4.79 Å². The number of aromatic nitrogens is 2. The molecule has 2 aromatic rings. The summed E-state index contributed by atoms with van der Waals surface area (Å²) in [5, 5.41) is 3.17. The number of methoxy groups -OCH3 is 1. The average Bonchev–Trinajstić information content (AvgIpc) is 2.63. The second kappa shape index (κ2) is 4.57. The van der Waals surface area contributed by atoms with Crippen molar-refractivity contribution >= 4 is 22.7 Å². The van der Waals surface area contributed by atoms with E-state index in [4.69, 9.17) is 4.74 Å². The number of carbonyl (C=O) groups is 1. The van der Waals surface area contributed by atoms with Gasteiger partial charge in [-0.05, 0) is 39.0 Å². The fourth-order valence-electron chi connectivity index (χ4n) is 2.07. The molecule has 0 bridgehead atoms. The molecule has 1 aromatic heterocycles. The number of anilines is 1. The van der Waals surface area contributed by atoms with Crippen molar-refractivity contribution in [1.82, 2.24) is 9.55 Å². The van der Waals surface area contributed by atoms with Crippen LogP contribution in [0, 0.1) is 6.92 Å². The van der Waals surface area contributed by atoms with E-state index >= 15 is 0 Å². The lowest BCUT2D eigenvalue weighted by molar-refractivity contribution is -0.144. The highest BCUT2D eigenvalue weighted by Gasteiger charge is 2.28. The number of imidazole rings is 1. The van der Waals surface area contributed by atoms with Crippen LogP contribution < -0.4 is 5.32 Å². The number of rotatable bonds is 3. The third-order valence-electron chi connectivity index (χ3n) is 3.26. The quantitative estimate of drug-likeness (QED) is 0.861. The van der Waals surface area contributed by atoms with Gasteiger partial charge in [0.2, 0.25) is 0 Å². The topological polar surface area (TPSA) is 56.1 Å². The molecule has 0 atom stereocenters. The van der Waals surface area contributed by atoms with Gasteiger partial charge in [-0.2, -0.15) is 0 Å². The minimum atomic E-state index is -0.772. The predicted octanol–water partition coefficient (Wildman–Crippen LogP) is 2.25. The number of ether oxygens (including phenoxy) is 1. The summed E-state index contributed by atoms with van der Waals surface area (Å²) in [5.41, 5.74) is 2.05. The summed E-state index contributed by atoms with van der Waals surface area (Å²) in [4.78, 5) is 16.1. The molecule has 0 spiro atoms. The molecule has 0 unspecified atom stereocenters. The number of fused-ring (bicyclic) bond motifs is 1. The normalized spacial score (nSPS) is 11.6. The maximum absolute atomic E-state index is 11.7. The summed E-state index contributed by atoms with van der Waals surface area (Å²) >= 11 is 0. The van der Waals surface area contributed by atoms with Crippen molar-refractivity contribution in [2.24, 2.45) is 7.05 Å². The molecule has 0 aliphatic rings. The highest BCUT2D eigenvalue weighted by Crippen LogP contribution is 2.22. The smallest absolute Gasteiger partial charge is 0.330 e. The van der Waals surface area contributed by atoms with Gasteiger partial charge in [-0.15, -0.1) is 0 Å². The zero-order chi connectivity index (χ0) is 14.2. The summed E-state index contributed by atoms with van der Waals surface area (Å²) in [6, 6.07) is 5.87. The van der Waals surface area contributed by atoms with Crippen LogP contribution in [0.1, 0.15) is 19.7 Å². The van der Waals surface area contributed by atoms with Crippen LogP contribution in [0.2, 0.25) is 0 Å². The summed E-state index contributed by atoms with van der Waals surface area (Å²) in [5.74, 6) is 0.657. The second-order valence-corrected chi connectivity index (χ2v) is 5.16. The molecule has 19 heavy (non-hydrogen) atoms. The van der Waals surface area contributed by atoms with Crippen molar-refractivity contribution in [2.45, 2.75) is 26.3 Å². The van der Waals surface area contributed by atoms with Gasteiger partial charge in [-0.1, -0.05) is 0 Å². The van der Waals surface area contributed by atoms with Crippen LogP contribution in [-0.2, 0) is 16.6 Å². The molecule has 0 amide bonds. The van der Waals surface area contributed by atoms with E-state index in [0.717, 1.165) is 22.5 Å². The molecule has 0 saturated carbocycles. The molecular weight excluding hydrogens is 242 g/mol. The van der Waals surface area contributed by atoms with Gasteiger partial charge in [0, 0.05) is 12.7 Å². The van der Waals surface area contributed by atoms with E-state index < -0.39 is 5.54 Å². The van der Waals surface area contributed by atoms with Gasteiger partial charge in [0.05, 0.1) is 18.1 Å². The molecule has 0 aliphatic carbocycles. The predicted molar refractivity (Wildman–Crippen MR) is 75.2 cm³/mol. The molecule has 1 N–H and O–H groups in total. The summed E-state index contributed by atoms with van der Waals surface area (Å²) in [6.45, 7) is 5.53. The Balaban J connectivity index is 2.34. The number of hydrogen-bond acceptors (Lipinski definition) is 4. The lowest BCUT2D eigenvalue weighted by atomic mass is 10.1. The highest BCUT2D eigenvalue weighted by atomic mass is 16.5. The average molecular weight is 261 g/mol.